The van der Waals surface area contributed by atoms with Crippen molar-refractivity contribution in [3.63, 3.8) is 0 Å². The van der Waals surface area contributed by atoms with E-state index in [4.69, 9.17) is 5.73 Å². The van der Waals surface area contributed by atoms with E-state index in [0.717, 1.165) is 11.4 Å². The smallest absolute Gasteiger partial charge is 0.0545 e. The molecule has 0 amide bonds. The maximum absolute atomic E-state index is 5.53. The highest BCUT2D eigenvalue weighted by molar-refractivity contribution is 5.21. The number of nitrogens with two attached hydrogens (primary N) is 1. The van der Waals surface area contributed by atoms with Crippen molar-refractivity contribution < 1.29 is 0 Å². The van der Waals surface area contributed by atoms with E-state index in [1.165, 1.54) is 5.56 Å². The Labute approximate surface area is 73.8 Å². The van der Waals surface area contributed by atoms with E-state index in [1.54, 1.807) is 0 Å². The highest BCUT2D eigenvalue weighted by atomic mass is 14.7. The van der Waals surface area contributed by atoms with Crippen molar-refractivity contribution in [3.05, 3.63) is 29.1 Å². The van der Waals surface area contributed by atoms with Gasteiger partial charge in [-0.15, -0.1) is 0 Å². The molecule has 1 rings (SSSR count). The highest BCUT2D eigenvalue weighted by Gasteiger charge is 2.02. The molecule has 1 aromatic rings. The molecule has 2 heteroatoms. The molecule has 0 aliphatic heterocycles. The molecule has 0 radical (unpaired) electrons. The fourth-order valence-electron chi connectivity index (χ4n) is 1.17. The van der Waals surface area contributed by atoms with Gasteiger partial charge in [0.15, 0.2) is 0 Å². The Morgan fingerprint density at radius 3 is 2.58 bits per heavy atom. The molecule has 0 spiro atoms. The molecule has 0 fully saturated rings. The number of aromatic nitrogens is 1. The summed E-state index contributed by atoms with van der Waals surface area (Å²) in [6.07, 6.45) is 0. The van der Waals surface area contributed by atoms with Crippen LogP contribution in [0.1, 0.15) is 36.7 Å². The van der Waals surface area contributed by atoms with E-state index in [1.807, 2.05) is 6.07 Å². The molecule has 0 saturated heterocycles. The second kappa shape index (κ2) is 3.68. The van der Waals surface area contributed by atoms with Crippen molar-refractivity contribution in [2.24, 2.45) is 5.73 Å². The van der Waals surface area contributed by atoms with Crippen LogP contribution in [0.2, 0.25) is 0 Å². The fourth-order valence-corrected chi connectivity index (χ4v) is 1.17. The first kappa shape index (κ1) is 9.20. The summed E-state index contributed by atoms with van der Waals surface area (Å²) in [5.41, 5.74) is 8.89. The van der Waals surface area contributed by atoms with Crippen LogP contribution < -0.4 is 5.73 Å². The van der Waals surface area contributed by atoms with Gasteiger partial charge < -0.3 is 5.73 Å². The predicted molar refractivity (Wildman–Crippen MR) is 51.0 cm³/mol. The van der Waals surface area contributed by atoms with Crippen LogP contribution in [0.25, 0.3) is 0 Å². The second-order valence-electron chi connectivity index (χ2n) is 3.42. The van der Waals surface area contributed by atoms with Crippen molar-refractivity contribution in [1.29, 1.82) is 0 Å². The first-order valence-electron chi connectivity index (χ1n) is 4.31. The van der Waals surface area contributed by atoms with Crippen LogP contribution in [-0.2, 0) is 6.54 Å². The summed E-state index contributed by atoms with van der Waals surface area (Å²) >= 11 is 0. The molecule has 0 aromatic carbocycles. The molecular formula is C10H16N2. The van der Waals surface area contributed by atoms with E-state index in [0.29, 0.717) is 12.5 Å². The molecule has 0 saturated carbocycles. The van der Waals surface area contributed by atoms with Gasteiger partial charge in [0.1, 0.15) is 0 Å². The summed E-state index contributed by atoms with van der Waals surface area (Å²) in [6.45, 7) is 6.89. The van der Waals surface area contributed by atoms with Crippen LogP contribution in [0.5, 0.6) is 0 Å². The average Bonchev–Trinajstić information content (AvgIpc) is 2.03. The minimum atomic E-state index is 0.482. The minimum absolute atomic E-state index is 0.482. The Morgan fingerprint density at radius 1 is 1.42 bits per heavy atom. The van der Waals surface area contributed by atoms with Gasteiger partial charge >= 0.3 is 0 Å². The number of nitrogens with zero attached hydrogens (tertiary/aromatic N) is 1. The molecule has 1 aromatic heterocycles. The quantitative estimate of drug-likeness (QED) is 0.725. The molecule has 0 bridgehead atoms. The lowest BCUT2D eigenvalue weighted by atomic mass is 10.1. The van der Waals surface area contributed by atoms with E-state index in [-0.39, 0.29) is 0 Å². The highest BCUT2D eigenvalue weighted by Crippen LogP contribution is 2.13. The lowest BCUT2D eigenvalue weighted by Gasteiger charge is -2.07. The molecule has 2 nitrogen and oxygen atoms in total. The maximum atomic E-state index is 5.53. The Balaban J connectivity index is 3.06. The molecule has 1 heterocycles. The normalized spacial score (nSPS) is 10.8. The molecule has 12 heavy (non-hydrogen) atoms. The average molecular weight is 164 g/mol. The fraction of sp³-hybridized carbons (Fsp3) is 0.500. The summed E-state index contributed by atoms with van der Waals surface area (Å²) in [5, 5.41) is 0. The Morgan fingerprint density at radius 2 is 2.08 bits per heavy atom. The summed E-state index contributed by atoms with van der Waals surface area (Å²) < 4.78 is 0. The third-order valence-electron chi connectivity index (χ3n) is 1.84. The summed E-state index contributed by atoms with van der Waals surface area (Å²) in [4.78, 5) is 4.43. The zero-order valence-corrected chi connectivity index (χ0v) is 7.96. The standard InChI is InChI=1S/C10H16N2/c1-7(2)10-5-8(3)4-9(6-11)12-10/h4-5,7H,6,11H2,1-3H3. The Hall–Kier alpha value is -0.890. The van der Waals surface area contributed by atoms with Crippen LogP contribution in [0, 0.1) is 6.92 Å². The number of pyridine rings is 1. The van der Waals surface area contributed by atoms with Gasteiger partial charge in [-0.3, -0.25) is 4.98 Å². The van der Waals surface area contributed by atoms with E-state index in [2.05, 4.69) is 31.8 Å². The predicted octanol–water partition coefficient (Wildman–Crippen LogP) is 1.97. The van der Waals surface area contributed by atoms with Crippen molar-refractivity contribution in [2.45, 2.75) is 33.2 Å². The topological polar surface area (TPSA) is 38.9 Å². The zero-order valence-electron chi connectivity index (χ0n) is 7.96. The molecular weight excluding hydrogens is 148 g/mol. The first-order valence-corrected chi connectivity index (χ1v) is 4.31. The number of hydrogen-bond acceptors (Lipinski definition) is 2. The molecule has 0 atom stereocenters. The second-order valence-corrected chi connectivity index (χ2v) is 3.42. The van der Waals surface area contributed by atoms with Crippen LogP contribution in [0.15, 0.2) is 12.1 Å². The largest absolute Gasteiger partial charge is 0.325 e. The van der Waals surface area contributed by atoms with Crippen LogP contribution in [0.3, 0.4) is 0 Å². The van der Waals surface area contributed by atoms with Crippen molar-refractivity contribution >= 4 is 0 Å². The monoisotopic (exact) mass is 164 g/mol. The Kier molecular flexibility index (Phi) is 2.82. The van der Waals surface area contributed by atoms with Crippen molar-refractivity contribution in [2.75, 3.05) is 0 Å². The zero-order chi connectivity index (χ0) is 9.14. The molecule has 66 valence electrons. The third-order valence-corrected chi connectivity index (χ3v) is 1.84. The van der Waals surface area contributed by atoms with Gasteiger partial charge in [0, 0.05) is 12.2 Å². The number of rotatable bonds is 2. The summed E-state index contributed by atoms with van der Waals surface area (Å²) in [7, 11) is 0. The van der Waals surface area contributed by atoms with Gasteiger partial charge in [0.2, 0.25) is 0 Å². The van der Waals surface area contributed by atoms with Crippen molar-refractivity contribution in [3.8, 4) is 0 Å². The SMILES string of the molecule is Cc1cc(CN)nc(C(C)C)c1. The molecule has 0 aliphatic carbocycles. The summed E-state index contributed by atoms with van der Waals surface area (Å²) in [5.74, 6) is 0.482. The first-order chi connectivity index (χ1) is 5.63. The van der Waals surface area contributed by atoms with Gasteiger partial charge in [-0.1, -0.05) is 13.8 Å². The van der Waals surface area contributed by atoms with E-state index >= 15 is 0 Å². The molecule has 0 aliphatic rings. The van der Waals surface area contributed by atoms with Crippen LogP contribution >= 0.6 is 0 Å². The number of hydrogen-bond donors (Lipinski definition) is 1. The molecule has 2 N–H and O–H groups in total. The van der Waals surface area contributed by atoms with Gasteiger partial charge in [0.05, 0.1) is 5.69 Å². The summed E-state index contributed by atoms with van der Waals surface area (Å²) in [6, 6.07) is 4.15. The van der Waals surface area contributed by atoms with Crippen molar-refractivity contribution in [1.82, 2.24) is 4.98 Å². The van der Waals surface area contributed by atoms with Gasteiger partial charge in [0.25, 0.3) is 0 Å². The number of aryl methyl sites for hydroxylation is 1. The van der Waals surface area contributed by atoms with E-state index < -0.39 is 0 Å². The minimum Gasteiger partial charge on any atom is -0.325 e. The molecule has 0 unspecified atom stereocenters. The Bertz CT molecular complexity index is 267. The third kappa shape index (κ3) is 2.05. The van der Waals surface area contributed by atoms with Gasteiger partial charge in [-0.2, -0.15) is 0 Å². The lowest BCUT2D eigenvalue weighted by Crippen LogP contribution is -2.03. The lowest BCUT2D eigenvalue weighted by molar-refractivity contribution is 0.800. The van der Waals surface area contributed by atoms with Gasteiger partial charge in [-0.05, 0) is 30.5 Å². The van der Waals surface area contributed by atoms with Crippen LogP contribution in [0.4, 0.5) is 0 Å². The van der Waals surface area contributed by atoms with Crippen LogP contribution in [-0.4, -0.2) is 4.98 Å². The maximum Gasteiger partial charge on any atom is 0.0545 e. The van der Waals surface area contributed by atoms with E-state index in [9.17, 15) is 0 Å². The van der Waals surface area contributed by atoms with Gasteiger partial charge in [-0.25, -0.2) is 0 Å².